The van der Waals surface area contributed by atoms with Gasteiger partial charge in [-0.2, -0.15) is 0 Å². The molecular formula is C14H14N4O2. The van der Waals surface area contributed by atoms with Crippen molar-refractivity contribution < 1.29 is 10.0 Å². The number of amides is 1. The number of hydrogen-bond donors (Lipinski definition) is 3. The number of benzene rings is 1. The van der Waals surface area contributed by atoms with Gasteiger partial charge in [0.2, 0.25) is 0 Å². The quantitative estimate of drug-likeness (QED) is 0.342. The number of carbonyl (C=O) groups is 1. The van der Waals surface area contributed by atoms with Crippen LogP contribution in [0.5, 0.6) is 0 Å². The summed E-state index contributed by atoms with van der Waals surface area (Å²) >= 11 is 0. The van der Waals surface area contributed by atoms with Gasteiger partial charge in [0.25, 0.3) is 5.91 Å². The maximum absolute atomic E-state index is 12.1. The van der Waals surface area contributed by atoms with Gasteiger partial charge in [0.15, 0.2) is 5.84 Å². The van der Waals surface area contributed by atoms with Crippen LogP contribution in [0.15, 0.2) is 47.8 Å². The highest BCUT2D eigenvalue weighted by atomic mass is 16.4. The van der Waals surface area contributed by atoms with Crippen molar-refractivity contribution in [3.05, 3.63) is 59.4 Å². The highest BCUT2D eigenvalue weighted by molar-refractivity contribution is 6.06. The van der Waals surface area contributed by atoms with E-state index in [1.165, 1.54) is 0 Å². The first kappa shape index (κ1) is 13.5. The van der Waals surface area contributed by atoms with E-state index in [1.54, 1.807) is 36.5 Å². The number of pyridine rings is 1. The predicted molar refractivity (Wildman–Crippen MR) is 75.9 cm³/mol. The van der Waals surface area contributed by atoms with Gasteiger partial charge in [0, 0.05) is 16.8 Å². The van der Waals surface area contributed by atoms with E-state index in [1.807, 2.05) is 13.0 Å². The zero-order chi connectivity index (χ0) is 14.5. The van der Waals surface area contributed by atoms with Gasteiger partial charge in [-0.25, -0.2) is 0 Å². The van der Waals surface area contributed by atoms with Crippen LogP contribution in [0.2, 0.25) is 0 Å². The molecule has 0 aliphatic carbocycles. The normalized spacial score (nSPS) is 11.2. The number of carbonyl (C=O) groups excluding carboxylic acids is 1. The van der Waals surface area contributed by atoms with Crippen molar-refractivity contribution in [3.63, 3.8) is 0 Å². The van der Waals surface area contributed by atoms with E-state index in [0.717, 1.165) is 5.69 Å². The van der Waals surface area contributed by atoms with Crippen LogP contribution in [-0.4, -0.2) is 21.9 Å². The van der Waals surface area contributed by atoms with Crippen molar-refractivity contribution in [2.24, 2.45) is 10.9 Å². The van der Waals surface area contributed by atoms with Crippen molar-refractivity contribution in [1.82, 2.24) is 4.98 Å². The molecule has 6 heteroatoms. The lowest BCUT2D eigenvalue weighted by Gasteiger charge is -2.06. The summed E-state index contributed by atoms with van der Waals surface area (Å²) in [6.45, 7) is 1.87. The molecule has 2 aromatic rings. The van der Waals surface area contributed by atoms with Crippen LogP contribution in [0.4, 0.5) is 5.69 Å². The topological polar surface area (TPSA) is 101 Å². The van der Waals surface area contributed by atoms with Crippen LogP contribution in [0, 0.1) is 6.92 Å². The van der Waals surface area contributed by atoms with Gasteiger partial charge in [0.05, 0.1) is 11.9 Å². The van der Waals surface area contributed by atoms with Gasteiger partial charge in [-0.3, -0.25) is 9.78 Å². The maximum atomic E-state index is 12.1. The lowest BCUT2D eigenvalue weighted by Crippen LogP contribution is -2.16. The number of rotatable bonds is 3. The van der Waals surface area contributed by atoms with E-state index in [4.69, 9.17) is 10.9 Å². The molecule has 0 saturated heterocycles. The standard InChI is InChI=1S/C14H14N4O2/c1-9-5-6-12(8-16-9)17-14(19)11-4-2-3-10(7-11)13(15)18-20/h2-8,20H,1H3,(H2,15,18)(H,17,19). The average Bonchev–Trinajstić information content (AvgIpc) is 2.49. The Bertz CT molecular complexity index is 650. The van der Waals surface area contributed by atoms with E-state index in [9.17, 15) is 4.79 Å². The van der Waals surface area contributed by atoms with Crippen LogP contribution >= 0.6 is 0 Å². The molecule has 0 aliphatic heterocycles. The van der Waals surface area contributed by atoms with Crippen molar-refractivity contribution in [3.8, 4) is 0 Å². The van der Waals surface area contributed by atoms with Gasteiger partial charge in [-0.05, 0) is 31.2 Å². The summed E-state index contributed by atoms with van der Waals surface area (Å²) in [5.41, 5.74) is 7.86. The third-order valence-electron chi connectivity index (χ3n) is 2.70. The fraction of sp³-hybridized carbons (Fsp3) is 0.0714. The molecule has 0 aliphatic rings. The van der Waals surface area contributed by atoms with Crippen molar-refractivity contribution in [1.29, 1.82) is 0 Å². The summed E-state index contributed by atoms with van der Waals surface area (Å²) in [7, 11) is 0. The van der Waals surface area contributed by atoms with Crippen molar-refractivity contribution in [2.75, 3.05) is 5.32 Å². The lowest BCUT2D eigenvalue weighted by molar-refractivity contribution is 0.102. The largest absolute Gasteiger partial charge is 0.409 e. The molecule has 20 heavy (non-hydrogen) atoms. The first-order valence-electron chi connectivity index (χ1n) is 5.92. The Morgan fingerprint density at radius 2 is 2.05 bits per heavy atom. The van der Waals surface area contributed by atoms with Gasteiger partial charge in [0.1, 0.15) is 0 Å². The van der Waals surface area contributed by atoms with Crippen LogP contribution in [0.25, 0.3) is 0 Å². The fourth-order valence-corrected chi connectivity index (χ4v) is 1.62. The summed E-state index contributed by atoms with van der Waals surface area (Å²) in [6, 6.07) is 10.1. The Morgan fingerprint density at radius 3 is 2.70 bits per heavy atom. The SMILES string of the molecule is Cc1ccc(NC(=O)c2cccc(/C(N)=N/O)c2)cn1. The number of anilines is 1. The number of oxime groups is 1. The third-order valence-corrected chi connectivity index (χ3v) is 2.70. The summed E-state index contributed by atoms with van der Waals surface area (Å²) in [6.07, 6.45) is 1.58. The molecule has 102 valence electrons. The van der Waals surface area contributed by atoms with E-state index in [-0.39, 0.29) is 11.7 Å². The van der Waals surface area contributed by atoms with Gasteiger partial charge in [-0.15, -0.1) is 0 Å². The van der Waals surface area contributed by atoms with E-state index < -0.39 is 0 Å². The summed E-state index contributed by atoms with van der Waals surface area (Å²) in [5.74, 6) is -0.333. The minimum absolute atomic E-state index is 0.0448. The first-order valence-corrected chi connectivity index (χ1v) is 5.92. The number of nitrogens with two attached hydrogens (primary N) is 1. The number of aromatic nitrogens is 1. The van der Waals surface area contributed by atoms with Crippen molar-refractivity contribution in [2.45, 2.75) is 6.92 Å². The van der Waals surface area contributed by atoms with E-state index in [2.05, 4.69) is 15.5 Å². The Kier molecular flexibility index (Phi) is 3.95. The molecule has 0 radical (unpaired) electrons. The fourth-order valence-electron chi connectivity index (χ4n) is 1.62. The van der Waals surface area contributed by atoms with Crippen LogP contribution in [-0.2, 0) is 0 Å². The molecule has 2 rings (SSSR count). The van der Waals surface area contributed by atoms with Crippen LogP contribution < -0.4 is 11.1 Å². The first-order chi connectivity index (χ1) is 9.60. The van der Waals surface area contributed by atoms with E-state index >= 15 is 0 Å². The molecule has 1 aromatic carbocycles. The average molecular weight is 270 g/mol. The van der Waals surface area contributed by atoms with Gasteiger partial charge in [-0.1, -0.05) is 17.3 Å². The van der Waals surface area contributed by atoms with Gasteiger partial charge < -0.3 is 16.3 Å². The van der Waals surface area contributed by atoms with Crippen molar-refractivity contribution >= 4 is 17.4 Å². The number of hydrogen-bond acceptors (Lipinski definition) is 4. The Hall–Kier alpha value is -2.89. The Morgan fingerprint density at radius 1 is 1.30 bits per heavy atom. The monoisotopic (exact) mass is 270 g/mol. The number of nitrogens with one attached hydrogen (secondary N) is 1. The smallest absolute Gasteiger partial charge is 0.255 e. The molecule has 1 amide bonds. The summed E-state index contributed by atoms with van der Waals surface area (Å²) in [5, 5.41) is 14.3. The lowest BCUT2D eigenvalue weighted by atomic mass is 10.1. The zero-order valence-electron chi connectivity index (χ0n) is 10.9. The summed E-state index contributed by atoms with van der Waals surface area (Å²) < 4.78 is 0. The molecule has 0 bridgehead atoms. The highest BCUT2D eigenvalue weighted by Gasteiger charge is 2.08. The second-order valence-corrected chi connectivity index (χ2v) is 4.21. The second kappa shape index (κ2) is 5.83. The molecule has 4 N–H and O–H groups in total. The van der Waals surface area contributed by atoms with Crippen LogP contribution in [0.3, 0.4) is 0 Å². The predicted octanol–water partition coefficient (Wildman–Crippen LogP) is 1.74. The minimum atomic E-state index is -0.289. The molecule has 1 aromatic heterocycles. The van der Waals surface area contributed by atoms with Crippen LogP contribution in [0.1, 0.15) is 21.6 Å². The maximum Gasteiger partial charge on any atom is 0.255 e. The molecule has 6 nitrogen and oxygen atoms in total. The Labute approximate surface area is 115 Å². The number of nitrogens with zero attached hydrogens (tertiary/aromatic N) is 2. The van der Waals surface area contributed by atoms with E-state index in [0.29, 0.717) is 16.8 Å². The molecule has 0 saturated carbocycles. The minimum Gasteiger partial charge on any atom is -0.409 e. The zero-order valence-corrected chi connectivity index (χ0v) is 10.9. The molecule has 0 atom stereocenters. The molecule has 1 heterocycles. The second-order valence-electron chi connectivity index (χ2n) is 4.21. The molecule has 0 spiro atoms. The number of aryl methyl sites for hydroxylation is 1. The third kappa shape index (κ3) is 3.11. The Balaban J connectivity index is 2.19. The molecular weight excluding hydrogens is 256 g/mol. The molecule has 0 fully saturated rings. The summed E-state index contributed by atoms with van der Waals surface area (Å²) in [4.78, 5) is 16.2. The molecule has 0 unspecified atom stereocenters. The van der Waals surface area contributed by atoms with Gasteiger partial charge >= 0.3 is 0 Å². The highest BCUT2D eigenvalue weighted by Crippen LogP contribution is 2.10. The number of amidine groups is 1.